The molecule has 3 aromatic rings. The summed E-state index contributed by atoms with van der Waals surface area (Å²) in [6, 6.07) is 1.91. The Hall–Kier alpha value is -2.08. The summed E-state index contributed by atoms with van der Waals surface area (Å²) in [7, 11) is 0. The molecule has 0 atom stereocenters. The molecule has 0 aliphatic rings. The van der Waals surface area contributed by atoms with Gasteiger partial charge >= 0.3 is 0 Å². The van der Waals surface area contributed by atoms with Crippen molar-refractivity contribution in [2.75, 3.05) is 5.73 Å². The van der Waals surface area contributed by atoms with Crippen LogP contribution < -0.4 is 5.73 Å². The molecule has 0 amide bonds. The van der Waals surface area contributed by atoms with Crippen LogP contribution in [0.1, 0.15) is 0 Å². The lowest BCUT2D eigenvalue weighted by molar-refractivity contribution is 1.14. The smallest absolute Gasteiger partial charge is 0.183 e. The third-order valence-electron chi connectivity index (χ3n) is 2.15. The zero-order chi connectivity index (χ0) is 11.0. The molecule has 16 heavy (non-hydrogen) atoms. The summed E-state index contributed by atoms with van der Waals surface area (Å²) in [6.07, 6.45) is 4.83. The van der Waals surface area contributed by atoms with Crippen LogP contribution in [0.3, 0.4) is 0 Å². The molecule has 78 valence electrons. The third-order valence-corrected chi connectivity index (χ3v) is 2.95. The van der Waals surface area contributed by atoms with Crippen LogP contribution in [0.25, 0.3) is 21.7 Å². The Kier molecular flexibility index (Phi) is 2.00. The predicted molar refractivity (Wildman–Crippen MR) is 62.9 cm³/mol. The zero-order valence-electron chi connectivity index (χ0n) is 8.16. The number of anilines is 1. The molecule has 3 aromatic heterocycles. The van der Waals surface area contributed by atoms with Gasteiger partial charge in [0.05, 0.1) is 11.6 Å². The van der Waals surface area contributed by atoms with E-state index in [2.05, 4.69) is 19.9 Å². The van der Waals surface area contributed by atoms with Crippen molar-refractivity contribution in [3.05, 3.63) is 30.0 Å². The first kappa shape index (κ1) is 9.17. The summed E-state index contributed by atoms with van der Waals surface area (Å²) in [4.78, 5) is 17.6. The first-order chi connectivity index (χ1) is 7.84. The maximum atomic E-state index is 5.85. The van der Waals surface area contributed by atoms with Crippen molar-refractivity contribution in [1.82, 2.24) is 19.9 Å². The molecule has 0 aromatic carbocycles. The van der Waals surface area contributed by atoms with Crippen molar-refractivity contribution >= 4 is 27.4 Å². The van der Waals surface area contributed by atoms with Crippen LogP contribution in [0.5, 0.6) is 0 Å². The van der Waals surface area contributed by atoms with Crippen molar-refractivity contribution in [1.29, 1.82) is 0 Å². The van der Waals surface area contributed by atoms with E-state index in [1.807, 2.05) is 11.4 Å². The second kappa shape index (κ2) is 3.49. The molecule has 0 spiro atoms. The number of nitrogen functional groups attached to an aromatic ring is 1. The van der Waals surface area contributed by atoms with E-state index in [1.165, 1.54) is 11.3 Å². The van der Waals surface area contributed by atoms with Gasteiger partial charge in [-0.3, -0.25) is 4.98 Å². The zero-order valence-corrected chi connectivity index (χ0v) is 8.98. The van der Waals surface area contributed by atoms with E-state index in [4.69, 9.17) is 5.73 Å². The van der Waals surface area contributed by atoms with Gasteiger partial charge in [-0.05, 0) is 11.4 Å². The lowest BCUT2D eigenvalue weighted by Crippen LogP contribution is -1.97. The maximum Gasteiger partial charge on any atom is 0.183 e. The standard InChI is InChI=1S/C10H7N5S/c11-8-6-1-4-16-10(6)15-9(14-8)7-5-12-2-3-13-7/h1-5H,(H2,11,14,15). The van der Waals surface area contributed by atoms with Crippen LogP contribution in [-0.4, -0.2) is 19.9 Å². The minimum Gasteiger partial charge on any atom is -0.383 e. The lowest BCUT2D eigenvalue weighted by Gasteiger charge is -2.00. The molecule has 0 bridgehead atoms. The Morgan fingerprint density at radius 3 is 2.94 bits per heavy atom. The average molecular weight is 229 g/mol. The van der Waals surface area contributed by atoms with Gasteiger partial charge in [0.25, 0.3) is 0 Å². The summed E-state index contributed by atoms with van der Waals surface area (Å²) in [5.41, 5.74) is 6.48. The van der Waals surface area contributed by atoms with E-state index < -0.39 is 0 Å². The first-order valence-electron chi connectivity index (χ1n) is 4.62. The van der Waals surface area contributed by atoms with Gasteiger partial charge in [-0.15, -0.1) is 11.3 Å². The highest BCUT2D eigenvalue weighted by Crippen LogP contribution is 2.25. The molecule has 3 rings (SSSR count). The Morgan fingerprint density at radius 1 is 1.19 bits per heavy atom. The van der Waals surface area contributed by atoms with E-state index >= 15 is 0 Å². The molecule has 0 saturated heterocycles. The van der Waals surface area contributed by atoms with Gasteiger partial charge in [-0.25, -0.2) is 15.0 Å². The molecule has 3 heterocycles. The fraction of sp³-hybridized carbons (Fsp3) is 0. The minimum absolute atomic E-state index is 0.479. The van der Waals surface area contributed by atoms with Gasteiger partial charge in [0, 0.05) is 12.4 Å². The summed E-state index contributed by atoms with van der Waals surface area (Å²) in [5, 5.41) is 2.83. The number of thiophene rings is 1. The third kappa shape index (κ3) is 1.40. The average Bonchev–Trinajstić information content (AvgIpc) is 2.79. The topological polar surface area (TPSA) is 77.6 Å². The summed E-state index contributed by atoms with van der Waals surface area (Å²) >= 11 is 1.53. The largest absolute Gasteiger partial charge is 0.383 e. The molecule has 0 fully saturated rings. The van der Waals surface area contributed by atoms with Gasteiger partial charge in [0.1, 0.15) is 16.3 Å². The predicted octanol–water partition coefficient (Wildman–Crippen LogP) is 1.73. The monoisotopic (exact) mass is 229 g/mol. The normalized spacial score (nSPS) is 10.8. The Bertz CT molecular complexity index is 634. The van der Waals surface area contributed by atoms with Crippen molar-refractivity contribution in [3.8, 4) is 11.5 Å². The molecule has 0 radical (unpaired) electrons. The summed E-state index contributed by atoms with van der Waals surface area (Å²) < 4.78 is 0. The molecule has 0 saturated carbocycles. The number of aromatic nitrogens is 4. The van der Waals surface area contributed by atoms with E-state index in [0.29, 0.717) is 17.3 Å². The van der Waals surface area contributed by atoms with Crippen molar-refractivity contribution in [2.24, 2.45) is 0 Å². The summed E-state index contributed by atoms with van der Waals surface area (Å²) in [6.45, 7) is 0. The Balaban J connectivity index is 2.25. The Morgan fingerprint density at radius 2 is 2.12 bits per heavy atom. The van der Waals surface area contributed by atoms with Gasteiger partial charge in [0.15, 0.2) is 5.82 Å². The SMILES string of the molecule is Nc1nc(-c2cnccn2)nc2sccc12. The fourth-order valence-electron chi connectivity index (χ4n) is 1.41. The number of hydrogen-bond acceptors (Lipinski definition) is 6. The molecule has 0 aliphatic carbocycles. The molecular weight excluding hydrogens is 222 g/mol. The van der Waals surface area contributed by atoms with E-state index in [0.717, 1.165) is 10.2 Å². The lowest BCUT2D eigenvalue weighted by atomic mass is 10.3. The fourth-order valence-corrected chi connectivity index (χ4v) is 2.18. The quantitative estimate of drug-likeness (QED) is 0.687. The van der Waals surface area contributed by atoms with Crippen LogP contribution >= 0.6 is 11.3 Å². The van der Waals surface area contributed by atoms with Crippen LogP contribution in [0, 0.1) is 0 Å². The molecular formula is C10H7N5S. The van der Waals surface area contributed by atoms with Crippen LogP contribution in [0.15, 0.2) is 30.0 Å². The maximum absolute atomic E-state index is 5.85. The molecule has 0 aliphatic heterocycles. The highest BCUT2D eigenvalue weighted by molar-refractivity contribution is 7.16. The number of nitrogens with two attached hydrogens (primary N) is 1. The van der Waals surface area contributed by atoms with Crippen molar-refractivity contribution < 1.29 is 0 Å². The van der Waals surface area contributed by atoms with Gasteiger partial charge < -0.3 is 5.73 Å². The molecule has 0 unspecified atom stereocenters. The number of rotatable bonds is 1. The van der Waals surface area contributed by atoms with Crippen LogP contribution in [0.2, 0.25) is 0 Å². The van der Waals surface area contributed by atoms with Crippen molar-refractivity contribution in [2.45, 2.75) is 0 Å². The van der Waals surface area contributed by atoms with Gasteiger partial charge in [-0.2, -0.15) is 0 Å². The highest BCUT2D eigenvalue weighted by Gasteiger charge is 2.08. The van der Waals surface area contributed by atoms with Crippen LogP contribution in [0.4, 0.5) is 5.82 Å². The first-order valence-corrected chi connectivity index (χ1v) is 5.49. The molecule has 2 N–H and O–H groups in total. The van der Waals surface area contributed by atoms with E-state index in [-0.39, 0.29) is 0 Å². The second-order valence-electron chi connectivity index (χ2n) is 3.16. The minimum atomic E-state index is 0.479. The molecule has 5 nitrogen and oxygen atoms in total. The van der Waals surface area contributed by atoms with Crippen LogP contribution in [-0.2, 0) is 0 Å². The highest BCUT2D eigenvalue weighted by atomic mass is 32.1. The van der Waals surface area contributed by atoms with E-state index in [9.17, 15) is 0 Å². The second-order valence-corrected chi connectivity index (χ2v) is 4.06. The molecule has 6 heteroatoms. The Labute approximate surface area is 95.0 Å². The number of nitrogens with zero attached hydrogens (tertiary/aromatic N) is 4. The van der Waals surface area contributed by atoms with Crippen molar-refractivity contribution in [3.63, 3.8) is 0 Å². The summed E-state index contributed by atoms with van der Waals surface area (Å²) in [5.74, 6) is 0.993. The van der Waals surface area contributed by atoms with Gasteiger partial charge in [-0.1, -0.05) is 0 Å². The van der Waals surface area contributed by atoms with E-state index in [1.54, 1.807) is 18.6 Å². The van der Waals surface area contributed by atoms with Gasteiger partial charge in [0.2, 0.25) is 0 Å². The number of hydrogen-bond donors (Lipinski definition) is 1. The number of fused-ring (bicyclic) bond motifs is 1.